The first kappa shape index (κ1) is 22.1. The molecule has 0 spiro atoms. The average Bonchev–Trinajstić information content (AvgIpc) is 2.65. The fourth-order valence-corrected chi connectivity index (χ4v) is 2.26. The van der Waals surface area contributed by atoms with Crippen molar-refractivity contribution in [3.63, 3.8) is 0 Å². The SMILES string of the molecule is CCNC(=NCc1ccc(OC)cc1)NCC(C)Oc1ccccc1.I. The predicted molar refractivity (Wildman–Crippen MR) is 118 cm³/mol. The highest BCUT2D eigenvalue weighted by Gasteiger charge is 2.05. The van der Waals surface area contributed by atoms with Crippen LogP contribution in [0.5, 0.6) is 11.5 Å². The first-order chi connectivity index (χ1) is 12.2. The second-order valence-corrected chi connectivity index (χ2v) is 5.67. The molecule has 0 bridgehead atoms. The molecule has 2 rings (SSSR count). The summed E-state index contributed by atoms with van der Waals surface area (Å²) in [4.78, 5) is 4.62. The first-order valence-corrected chi connectivity index (χ1v) is 8.58. The highest BCUT2D eigenvalue weighted by molar-refractivity contribution is 14.0. The molecule has 2 aromatic rings. The van der Waals surface area contributed by atoms with Gasteiger partial charge in [-0.15, -0.1) is 24.0 Å². The molecule has 0 aliphatic heterocycles. The molecular formula is C20H28IN3O2. The van der Waals surface area contributed by atoms with E-state index in [9.17, 15) is 0 Å². The molecule has 2 aromatic carbocycles. The molecule has 0 radical (unpaired) electrons. The summed E-state index contributed by atoms with van der Waals surface area (Å²) < 4.78 is 11.0. The van der Waals surface area contributed by atoms with E-state index in [0.717, 1.165) is 29.6 Å². The predicted octanol–water partition coefficient (Wildman–Crippen LogP) is 3.84. The van der Waals surface area contributed by atoms with Gasteiger partial charge in [-0.25, -0.2) is 4.99 Å². The van der Waals surface area contributed by atoms with Gasteiger partial charge in [-0.2, -0.15) is 0 Å². The maximum atomic E-state index is 5.87. The zero-order chi connectivity index (χ0) is 17.9. The number of nitrogens with one attached hydrogen (secondary N) is 2. The Morgan fingerprint density at radius 1 is 1.00 bits per heavy atom. The van der Waals surface area contributed by atoms with Crippen LogP contribution in [0.2, 0.25) is 0 Å². The van der Waals surface area contributed by atoms with E-state index in [2.05, 4.69) is 22.5 Å². The minimum atomic E-state index is 0. The van der Waals surface area contributed by atoms with Crippen molar-refractivity contribution in [2.45, 2.75) is 26.5 Å². The molecule has 2 N–H and O–H groups in total. The highest BCUT2D eigenvalue weighted by Crippen LogP contribution is 2.12. The minimum absolute atomic E-state index is 0. The van der Waals surface area contributed by atoms with E-state index in [-0.39, 0.29) is 30.1 Å². The van der Waals surface area contributed by atoms with Gasteiger partial charge >= 0.3 is 0 Å². The fourth-order valence-electron chi connectivity index (χ4n) is 2.26. The topological polar surface area (TPSA) is 54.9 Å². The van der Waals surface area contributed by atoms with E-state index in [1.54, 1.807) is 7.11 Å². The lowest BCUT2D eigenvalue weighted by atomic mass is 10.2. The standard InChI is InChI=1S/C20H27N3O2.HI/c1-4-21-20(23-15-17-10-12-18(24-3)13-11-17)22-14-16(2)25-19-8-6-5-7-9-19;/h5-13,16H,4,14-15H2,1-3H3,(H2,21,22,23);1H. The lowest BCUT2D eigenvalue weighted by molar-refractivity contribution is 0.224. The zero-order valence-electron chi connectivity index (χ0n) is 15.6. The summed E-state index contributed by atoms with van der Waals surface area (Å²) in [6.07, 6.45) is 0.0345. The number of para-hydroxylation sites is 1. The molecule has 142 valence electrons. The Kier molecular flexibility index (Phi) is 10.5. The van der Waals surface area contributed by atoms with Crippen LogP contribution < -0.4 is 20.1 Å². The largest absolute Gasteiger partial charge is 0.497 e. The monoisotopic (exact) mass is 469 g/mol. The lowest BCUT2D eigenvalue weighted by Crippen LogP contribution is -2.41. The molecule has 0 aliphatic carbocycles. The molecule has 0 saturated carbocycles. The molecule has 0 aliphatic rings. The quantitative estimate of drug-likeness (QED) is 0.351. The normalized spacial score (nSPS) is 11.9. The van der Waals surface area contributed by atoms with Crippen LogP contribution >= 0.6 is 24.0 Å². The van der Waals surface area contributed by atoms with E-state index >= 15 is 0 Å². The van der Waals surface area contributed by atoms with Crippen molar-refractivity contribution in [3.05, 3.63) is 60.2 Å². The first-order valence-electron chi connectivity index (χ1n) is 8.58. The van der Waals surface area contributed by atoms with Crippen molar-refractivity contribution in [2.75, 3.05) is 20.2 Å². The summed E-state index contributed by atoms with van der Waals surface area (Å²) in [5, 5.41) is 6.58. The van der Waals surface area contributed by atoms with Crippen LogP contribution in [0, 0.1) is 0 Å². The molecule has 5 nitrogen and oxygen atoms in total. The van der Waals surface area contributed by atoms with Crippen molar-refractivity contribution in [3.8, 4) is 11.5 Å². The summed E-state index contributed by atoms with van der Waals surface area (Å²) in [5.41, 5.74) is 1.13. The zero-order valence-corrected chi connectivity index (χ0v) is 17.9. The van der Waals surface area contributed by atoms with Gasteiger partial charge in [0, 0.05) is 6.54 Å². The van der Waals surface area contributed by atoms with Crippen molar-refractivity contribution >= 4 is 29.9 Å². The van der Waals surface area contributed by atoms with Crippen molar-refractivity contribution in [1.29, 1.82) is 0 Å². The number of methoxy groups -OCH3 is 1. The van der Waals surface area contributed by atoms with Gasteiger partial charge in [-0.3, -0.25) is 0 Å². The van der Waals surface area contributed by atoms with Crippen LogP contribution in [-0.2, 0) is 6.54 Å². The number of guanidine groups is 1. The number of hydrogen-bond donors (Lipinski definition) is 2. The van der Waals surface area contributed by atoms with E-state index in [1.807, 2.05) is 61.5 Å². The molecule has 0 heterocycles. The van der Waals surface area contributed by atoms with Gasteiger partial charge in [0.25, 0.3) is 0 Å². The van der Waals surface area contributed by atoms with Gasteiger partial charge in [-0.1, -0.05) is 30.3 Å². The van der Waals surface area contributed by atoms with Crippen LogP contribution in [0.1, 0.15) is 19.4 Å². The number of halogens is 1. The molecule has 6 heteroatoms. The molecule has 0 amide bonds. The summed E-state index contributed by atoms with van der Waals surface area (Å²) in [6, 6.07) is 17.8. The molecular weight excluding hydrogens is 441 g/mol. The van der Waals surface area contributed by atoms with Crippen molar-refractivity contribution in [1.82, 2.24) is 10.6 Å². The molecule has 0 saturated heterocycles. The summed E-state index contributed by atoms with van der Waals surface area (Å²) in [5.74, 6) is 2.50. The van der Waals surface area contributed by atoms with Gasteiger partial charge in [0.05, 0.1) is 20.2 Å². The second kappa shape index (κ2) is 12.4. The Bertz CT molecular complexity index is 648. The summed E-state index contributed by atoms with van der Waals surface area (Å²) in [7, 11) is 1.67. The van der Waals surface area contributed by atoms with Gasteiger partial charge in [0.2, 0.25) is 0 Å². The number of hydrogen-bond acceptors (Lipinski definition) is 3. The van der Waals surface area contributed by atoms with E-state index < -0.39 is 0 Å². The van der Waals surface area contributed by atoms with E-state index in [4.69, 9.17) is 9.47 Å². The third kappa shape index (κ3) is 7.95. The minimum Gasteiger partial charge on any atom is -0.497 e. The van der Waals surface area contributed by atoms with Gasteiger partial charge < -0.3 is 20.1 Å². The van der Waals surface area contributed by atoms with Crippen molar-refractivity contribution < 1.29 is 9.47 Å². The Balaban J connectivity index is 0.00000338. The van der Waals surface area contributed by atoms with Crippen LogP contribution in [0.15, 0.2) is 59.6 Å². The Labute approximate surface area is 173 Å². The molecule has 0 aromatic heterocycles. The maximum Gasteiger partial charge on any atom is 0.191 e. The third-order valence-electron chi connectivity index (χ3n) is 3.56. The maximum absolute atomic E-state index is 5.87. The Morgan fingerprint density at radius 2 is 1.69 bits per heavy atom. The van der Waals surface area contributed by atoms with Crippen LogP contribution in [0.3, 0.4) is 0 Å². The van der Waals surface area contributed by atoms with E-state index in [0.29, 0.717) is 13.1 Å². The molecule has 1 unspecified atom stereocenters. The second-order valence-electron chi connectivity index (χ2n) is 5.67. The Morgan fingerprint density at radius 3 is 2.31 bits per heavy atom. The number of nitrogens with zero attached hydrogens (tertiary/aromatic N) is 1. The molecule has 1 atom stereocenters. The third-order valence-corrected chi connectivity index (χ3v) is 3.56. The lowest BCUT2D eigenvalue weighted by Gasteiger charge is -2.17. The number of ether oxygens (including phenoxy) is 2. The fraction of sp³-hybridized carbons (Fsp3) is 0.350. The highest BCUT2D eigenvalue weighted by atomic mass is 127. The number of aliphatic imine (C=N–C) groups is 1. The van der Waals surface area contributed by atoms with Crippen LogP contribution in [0.4, 0.5) is 0 Å². The summed E-state index contributed by atoms with van der Waals surface area (Å²) in [6.45, 7) is 6.17. The number of benzene rings is 2. The number of rotatable bonds is 8. The molecule has 0 fully saturated rings. The van der Waals surface area contributed by atoms with Crippen LogP contribution in [0.25, 0.3) is 0 Å². The van der Waals surface area contributed by atoms with Crippen LogP contribution in [-0.4, -0.2) is 32.3 Å². The van der Waals surface area contributed by atoms with Gasteiger partial charge in [0.1, 0.15) is 17.6 Å². The smallest absolute Gasteiger partial charge is 0.191 e. The van der Waals surface area contributed by atoms with Gasteiger partial charge in [-0.05, 0) is 43.7 Å². The van der Waals surface area contributed by atoms with Crippen molar-refractivity contribution in [2.24, 2.45) is 4.99 Å². The molecule has 26 heavy (non-hydrogen) atoms. The Hall–Kier alpha value is -1.96. The average molecular weight is 469 g/mol. The van der Waals surface area contributed by atoms with E-state index in [1.165, 1.54) is 0 Å². The summed E-state index contributed by atoms with van der Waals surface area (Å²) >= 11 is 0. The van der Waals surface area contributed by atoms with Gasteiger partial charge in [0.15, 0.2) is 5.96 Å².